The van der Waals surface area contributed by atoms with Crippen LogP contribution in [-0.2, 0) is 5.41 Å². The summed E-state index contributed by atoms with van der Waals surface area (Å²) >= 11 is 0. The molecule has 4 fully saturated rings. The van der Waals surface area contributed by atoms with Crippen molar-refractivity contribution in [2.75, 3.05) is 4.90 Å². The molecule has 2 atom stereocenters. The summed E-state index contributed by atoms with van der Waals surface area (Å²) in [6.45, 7) is 0. The summed E-state index contributed by atoms with van der Waals surface area (Å²) in [5.41, 5.74) is 12.8. The lowest BCUT2D eigenvalue weighted by atomic mass is 9.66. The second-order valence-corrected chi connectivity index (χ2v) is 16.3. The number of hydrogen-bond acceptors (Lipinski definition) is 1. The molecule has 8 aromatic rings. The quantitative estimate of drug-likeness (QED) is 0.161. The first kappa shape index (κ1) is 31.6. The van der Waals surface area contributed by atoms with Gasteiger partial charge in [0.2, 0.25) is 0 Å². The Kier molecular flexibility index (Phi) is 7.37. The van der Waals surface area contributed by atoms with E-state index < -0.39 is 0 Å². The van der Waals surface area contributed by atoms with Crippen LogP contribution in [0.2, 0.25) is 0 Å². The van der Waals surface area contributed by atoms with Crippen LogP contribution in [0.4, 0.5) is 17.1 Å². The van der Waals surface area contributed by atoms with Gasteiger partial charge in [0, 0.05) is 16.9 Å². The lowest BCUT2D eigenvalue weighted by Gasteiger charge is -2.39. The number of benzene rings is 8. The van der Waals surface area contributed by atoms with E-state index in [4.69, 9.17) is 0 Å². The fourth-order valence-electron chi connectivity index (χ4n) is 11.1. The number of rotatable bonds is 7. The summed E-state index contributed by atoms with van der Waals surface area (Å²) in [6.07, 6.45) is 7.08. The van der Waals surface area contributed by atoms with Gasteiger partial charge in [-0.1, -0.05) is 146 Å². The molecule has 4 saturated carbocycles. The van der Waals surface area contributed by atoms with Crippen molar-refractivity contribution < 1.29 is 0 Å². The molecule has 4 aliphatic carbocycles. The smallest absolute Gasteiger partial charge is 0.0546 e. The van der Waals surface area contributed by atoms with Crippen molar-refractivity contribution in [3.8, 4) is 33.4 Å². The van der Waals surface area contributed by atoms with Crippen molar-refractivity contribution in [1.82, 2.24) is 0 Å². The van der Waals surface area contributed by atoms with Crippen molar-refractivity contribution in [3.05, 3.63) is 188 Å². The molecule has 0 radical (unpaired) electrons. The van der Waals surface area contributed by atoms with Crippen LogP contribution in [0.15, 0.2) is 182 Å². The zero-order chi connectivity index (χ0) is 35.6. The minimum atomic E-state index is 0.366. The Bertz CT molecular complexity index is 2570. The molecule has 0 N–H and O–H groups in total. The molecule has 1 nitrogen and oxygen atoms in total. The van der Waals surface area contributed by atoms with E-state index in [0.29, 0.717) is 5.41 Å². The Labute approximate surface area is 318 Å². The van der Waals surface area contributed by atoms with Crippen LogP contribution in [0, 0.1) is 17.8 Å². The Hall–Kier alpha value is -5.92. The van der Waals surface area contributed by atoms with Crippen LogP contribution in [0.5, 0.6) is 0 Å². The third-order valence-corrected chi connectivity index (χ3v) is 13.3. The normalized spacial score (nSPS) is 21.2. The summed E-state index contributed by atoms with van der Waals surface area (Å²) in [7, 11) is 0. The van der Waals surface area contributed by atoms with Gasteiger partial charge in [-0.25, -0.2) is 0 Å². The summed E-state index contributed by atoms with van der Waals surface area (Å²) in [5.74, 6) is 2.81. The predicted octanol–water partition coefficient (Wildman–Crippen LogP) is 14.5. The van der Waals surface area contributed by atoms with E-state index in [1.165, 1.54) is 98.4 Å². The first-order valence-corrected chi connectivity index (χ1v) is 19.9. The lowest BCUT2D eigenvalue weighted by molar-refractivity contribution is 0.229. The van der Waals surface area contributed by atoms with Crippen molar-refractivity contribution in [3.63, 3.8) is 0 Å². The average molecular weight is 694 g/mol. The molecule has 4 bridgehead atoms. The molecule has 260 valence electrons. The maximum absolute atomic E-state index is 2.54. The zero-order valence-corrected chi connectivity index (χ0v) is 30.5. The van der Waals surface area contributed by atoms with E-state index in [2.05, 4.69) is 187 Å². The zero-order valence-electron chi connectivity index (χ0n) is 30.5. The highest BCUT2D eigenvalue weighted by Gasteiger charge is 2.56. The molecular weight excluding hydrogens is 651 g/mol. The van der Waals surface area contributed by atoms with Crippen LogP contribution in [0.25, 0.3) is 54.9 Å². The van der Waals surface area contributed by atoms with Crippen LogP contribution in [0.1, 0.15) is 37.7 Å². The van der Waals surface area contributed by atoms with Gasteiger partial charge in [0.15, 0.2) is 0 Å². The molecular formula is C53H43N. The number of fused-ring (bicyclic) bond motifs is 2. The fraction of sp³-hybridized carbons (Fsp3) is 0.170. The highest BCUT2D eigenvalue weighted by atomic mass is 15.1. The minimum absolute atomic E-state index is 0.366. The van der Waals surface area contributed by atoms with E-state index in [1.807, 2.05) is 0 Å². The molecule has 12 rings (SSSR count). The van der Waals surface area contributed by atoms with Gasteiger partial charge in [0.25, 0.3) is 0 Å². The SMILES string of the molecule is c1ccc(-c2cc(-c3ccccc3)cc(N(c3ccc(C45CC6CC(C4)C(C6)C5)cc3)c3ccc4ccccc4c3-c3cccc4ccccc34)c2)cc1. The number of nitrogens with zero attached hydrogens (tertiary/aromatic N) is 1. The van der Waals surface area contributed by atoms with E-state index in [9.17, 15) is 0 Å². The van der Waals surface area contributed by atoms with E-state index in [-0.39, 0.29) is 0 Å². The summed E-state index contributed by atoms with van der Waals surface area (Å²) in [5, 5.41) is 5.02. The highest BCUT2D eigenvalue weighted by molar-refractivity contribution is 6.11. The van der Waals surface area contributed by atoms with Crippen molar-refractivity contribution in [2.45, 2.75) is 37.5 Å². The first-order valence-electron chi connectivity index (χ1n) is 19.9. The molecule has 0 amide bonds. The Balaban J connectivity index is 1.17. The van der Waals surface area contributed by atoms with Crippen LogP contribution in [-0.4, -0.2) is 0 Å². The van der Waals surface area contributed by atoms with E-state index in [0.717, 1.165) is 23.4 Å². The topological polar surface area (TPSA) is 3.24 Å². The maximum atomic E-state index is 2.54. The van der Waals surface area contributed by atoms with Gasteiger partial charge in [-0.15, -0.1) is 0 Å². The van der Waals surface area contributed by atoms with Gasteiger partial charge in [-0.3, -0.25) is 0 Å². The van der Waals surface area contributed by atoms with Crippen LogP contribution < -0.4 is 4.90 Å². The maximum Gasteiger partial charge on any atom is 0.0546 e. The Morgan fingerprint density at radius 2 is 1.00 bits per heavy atom. The van der Waals surface area contributed by atoms with Crippen molar-refractivity contribution in [1.29, 1.82) is 0 Å². The molecule has 0 heterocycles. The van der Waals surface area contributed by atoms with Gasteiger partial charge >= 0.3 is 0 Å². The van der Waals surface area contributed by atoms with Gasteiger partial charge in [-0.2, -0.15) is 0 Å². The second kappa shape index (κ2) is 12.6. The van der Waals surface area contributed by atoms with Crippen molar-refractivity contribution >= 4 is 38.6 Å². The Morgan fingerprint density at radius 3 is 1.65 bits per heavy atom. The third-order valence-electron chi connectivity index (χ3n) is 13.3. The Morgan fingerprint density at radius 1 is 0.426 bits per heavy atom. The minimum Gasteiger partial charge on any atom is -0.310 e. The first-order chi connectivity index (χ1) is 26.7. The molecule has 2 unspecified atom stereocenters. The predicted molar refractivity (Wildman–Crippen MR) is 228 cm³/mol. The summed E-state index contributed by atoms with van der Waals surface area (Å²) in [6, 6.07) is 67.8. The number of hydrogen-bond donors (Lipinski definition) is 0. The summed E-state index contributed by atoms with van der Waals surface area (Å²) < 4.78 is 0. The molecule has 0 saturated heterocycles. The molecule has 0 aromatic heterocycles. The van der Waals surface area contributed by atoms with E-state index in [1.54, 1.807) is 5.56 Å². The molecule has 4 aliphatic rings. The fourth-order valence-corrected chi connectivity index (χ4v) is 11.1. The monoisotopic (exact) mass is 693 g/mol. The number of anilines is 3. The average Bonchev–Trinajstić information content (AvgIpc) is 3.67. The van der Waals surface area contributed by atoms with Gasteiger partial charge in [0.1, 0.15) is 0 Å². The molecule has 0 aliphatic heterocycles. The highest BCUT2D eigenvalue weighted by Crippen LogP contribution is 2.65. The lowest BCUT2D eigenvalue weighted by Crippen LogP contribution is -2.31. The van der Waals surface area contributed by atoms with Crippen LogP contribution in [0.3, 0.4) is 0 Å². The van der Waals surface area contributed by atoms with Gasteiger partial charge in [-0.05, 0) is 147 Å². The molecule has 0 spiro atoms. The van der Waals surface area contributed by atoms with Crippen LogP contribution >= 0.6 is 0 Å². The van der Waals surface area contributed by atoms with E-state index >= 15 is 0 Å². The largest absolute Gasteiger partial charge is 0.310 e. The van der Waals surface area contributed by atoms with Crippen molar-refractivity contribution in [2.24, 2.45) is 17.8 Å². The molecule has 54 heavy (non-hydrogen) atoms. The standard InChI is InChI=1S/C53H43N/c1-3-12-37(13-4-1)41-30-42(38-14-5-2-6-15-38)32-47(31-41)54(46-25-23-45(24-26-46)53-33-36-28-43(34-53)44(29-36)35-53)51-27-22-40-17-8-10-20-49(40)52(51)50-21-11-18-39-16-7-9-19-48(39)50/h1-27,30-32,36,43-44H,28-29,33-35H2. The second-order valence-electron chi connectivity index (χ2n) is 16.3. The van der Waals surface area contributed by atoms with Gasteiger partial charge in [0.05, 0.1) is 5.69 Å². The molecule has 8 aromatic carbocycles. The summed E-state index contributed by atoms with van der Waals surface area (Å²) in [4.78, 5) is 2.54. The van der Waals surface area contributed by atoms with Gasteiger partial charge < -0.3 is 4.90 Å². The molecule has 1 heteroatoms. The third kappa shape index (κ3) is 5.21.